The second kappa shape index (κ2) is 8.03. The fourth-order valence-corrected chi connectivity index (χ4v) is 4.69. The molecule has 1 aromatic rings. The first-order valence-electron chi connectivity index (χ1n) is 6.37. The quantitative estimate of drug-likeness (QED) is 0.642. The van der Waals surface area contributed by atoms with E-state index in [1.807, 2.05) is 0 Å². The van der Waals surface area contributed by atoms with E-state index in [-0.39, 0.29) is 24.3 Å². The van der Waals surface area contributed by atoms with Gasteiger partial charge in [0.1, 0.15) is 5.30 Å². The number of hydrogen-bond donors (Lipinski definition) is 0. The molecule has 0 spiro atoms. The number of halogens is 1. The van der Waals surface area contributed by atoms with E-state index in [0.717, 1.165) is 0 Å². The fraction of sp³-hybridized carbons (Fsp3) is 0.538. The Bertz CT molecular complexity index is 524. The Morgan fingerprint density at radius 2 is 1.52 bits per heavy atom. The summed E-state index contributed by atoms with van der Waals surface area (Å²) in [5.74, 6) is 1.04. The molecule has 1 rings (SSSR count). The predicted molar refractivity (Wildman–Crippen MR) is 84.3 cm³/mol. The number of ether oxygens (including phenoxy) is 3. The normalized spacial score (nSPS) is 11.3. The molecule has 0 aliphatic heterocycles. The lowest BCUT2D eigenvalue weighted by Gasteiger charge is -2.23. The second-order valence-electron chi connectivity index (χ2n) is 3.81. The average Bonchev–Trinajstić information content (AvgIpc) is 2.45. The van der Waals surface area contributed by atoms with Crippen LogP contribution in [0.1, 0.15) is 13.8 Å². The summed E-state index contributed by atoms with van der Waals surface area (Å²) in [4.78, 5) is 0. The van der Waals surface area contributed by atoms with Crippen LogP contribution in [-0.4, -0.2) is 34.5 Å². The molecule has 0 heterocycles. The molecule has 8 heteroatoms. The number of hydrogen-bond acceptors (Lipinski definition) is 6. The van der Waals surface area contributed by atoms with Crippen LogP contribution in [0.5, 0.6) is 17.2 Å². The molecule has 0 saturated heterocycles. The molecule has 0 fully saturated rings. The summed E-state index contributed by atoms with van der Waals surface area (Å²) in [5.41, 5.74) is 0. The molecule has 0 atom stereocenters. The third-order valence-electron chi connectivity index (χ3n) is 2.63. The Morgan fingerprint density at radius 1 is 1.00 bits per heavy atom. The Morgan fingerprint density at radius 3 is 1.90 bits per heavy atom. The molecule has 0 amide bonds. The smallest absolute Gasteiger partial charge is 0.366 e. The van der Waals surface area contributed by atoms with Gasteiger partial charge in [-0.25, -0.2) is 0 Å². The summed E-state index contributed by atoms with van der Waals surface area (Å²) in [5, 5.41) is 0.284. The zero-order valence-corrected chi connectivity index (χ0v) is 15.2. The highest BCUT2D eigenvalue weighted by molar-refractivity contribution is 9.10. The van der Waals surface area contributed by atoms with Crippen molar-refractivity contribution in [3.63, 3.8) is 0 Å². The van der Waals surface area contributed by atoms with Crippen LogP contribution in [-0.2, 0) is 13.6 Å². The van der Waals surface area contributed by atoms with E-state index in [4.69, 9.17) is 23.3 Å². The van der Waals surface area contributed by atoms with Crippen LogP contribution in [0, 0.1) is 0 Å². The van der Waals surface area contributed by atoms with Crippen molar-refractivity contribution in [1.29, 1.82) is 0 Å². The molecule has 0 aromatic heterocycles. The van der Waals surface area contributed by atoms with Gasteiger partial charge in [0.25, 0.3) is 0 Å². The van der Waals surface area contributed by atoms with E-state index in [1.165, 1.54) is 21.3 Å². The van der Waals surface area contributed by atoms with Gasteiger partial charge in [0, 0.05) is 4.47 Å². The zero-order valence-electron chi connectivity index (χ0n) is 12.8. The van der Waals surface area contributed by atoms with Crippen LogP contribution in [0.4, 0.5) is 0 Å². The molecule has 1 aromatic carbocycles. The SMILES string of the molecule is CCOP(=O)(OCC)c1c(Br)cc(OC)c(OC)c1OC. The van der Waals surface area contributed by atoms with E-state index in [1.54, 1.807) is 19.9 Å². The average molecular weight is 383 g/mol. The van der Waals surface area contributed by atoms with Gasteiger partial charge >= 0.3 is 7.60 Å². The predicted octanol–water partition coefficient (Wildman–Crippen LogP) is 3.37. The Balaban J connectivity index is 3.63. The molecule has 0 saturated carbocycles. The molecule has 0 radical (unpaired) electrons. The second-order valence-corrected chi connectivity index (χ2v) is 6.62. The van der Waals surface area contributed by atoms with Crippen molar-refractivity contribution in [2.45, 2.75) is 13.8 Å². The molecule has 120 valence electrons. The first-order valence-corrected chi connectivity index (χ1v) is 8.70. The molecule has 0 N–H and O–H groups in total. The molecule has 0 aliphatic rings. The van der Waals surface area contributed by atoms with Gasteiger partial charge in [0.05, 0.1) is 34.5 Å². The van der Waals surface area contributed by atoms with E-state index >= 15 is 0 Å². The van der Waals surface area contributed by atoms with Gasteiger partial charge in [-0.15, -0.1) is 0 Å². The molecule has 21 heavy (non-hydrogen) atoms. The number of rotatable bonds is 8. The fourth-order valence-electron chi connectivity index (χ4n) is 1.87. The number of methoxy groups -OCH3 is 3. The maximum Gasteiger partial charge on any atom is 0.366 e. The molecule has 0 aliphatic carbocycles. The first kappa shape index (κ1) is 18.3. The van der Waals surface area contributed by atoms with E-state index in [9.17, 15) is 4.57 Å². The van der Waals surface area contributed by atoms with E-state index in [2.05, 4.69) is 15.9 Å². The highest BCUT2D eigenvalue weighted by Gasteiger charge is 2.36. The van der Waals surface area contributed by atoms with Crippen molar-refractivity contribution in [3.8, 4) is 17.2 Å². The number of benzene rings is 1. The van der Waals surface area contributed by atoms with E-state index in [0.29, 0.717) is 16.0 Å². The summed E-state index contributed by atoms with van der Waals surface area (Å²) >= 11 is 3.37. The molecule has 0 unspecified atom stereocenters. The first-order chi connectivity index (χ1) is 9.98. The van der Waals surface area contributed by atoms with Crippen molar-refractivity contribution < 1.29 is 27.8 Å². The summed E-state index contributed by atoms with van der Waals surface area (Å²) in [7, 11) is 0.897. The highest BCUT2D eigenvalue weighted by Crippen LogP contribution is 2.54. The van der Waals surface area contributed by atoms with Crippen LogP contribution in [0.3, 0.4) is 0 Å². The summed E-state index contributed by atoms with van der Waals surface area (Å²) < 4.78 is 40.2. The topological polar surface area (TPSA) is 63.2 Å². The maximum atomic E-state index is 13.0. The zero-order chi connectivity index (χ0) is 16.0. The summed E-state index contributed by atoms with van der Waals surface area (Å²) in [6.45, 7) is 3.96. The maximum absolute atomic E-state index is 13.0. The standard InChI is InChI=1S/C13H20BrO6P/c1-6-19-21(15,20-7-2)13-9(14)8-10(16-3)11(17-4)12(13)18-5/h8H,6-7H2,1-5H3. The summed E-state index contributed by atoms with van der Waals surface area (Å²) in [6.07, 6.45) is 0. The Kier molecular flexibility index (Phi) is 7.00. The minimum absolute atomic E-state index is 0.237. The van der Waals surface area contributed by atoms with Gasteiger partial charge in [-0.3, -0.25) is 4.57 Å². The van der Waals surface area contributed by atoms with Crippen molar-refractivity contribution >= 4 is 28.8 Å². The van der Waals surface area contributed by atoms with Crippen LogP contribution in [0.25, 0.3) is 0 Å². The molecular weight excluding hydrogens is 363 g/mol. The Hall–Kier alpha value is -0.750. The molecule has 0 bridgehead atoms. The van der Waals surface area contributed by atoms with Crippen LogP contribution >= 0.6 is 23.5 Å². The van der Waals surface area contributed by atoms with Crippen molar-refractivity contribution in [2.75, 3.05) is 34.5 Å². The van der Waals surface area contributed by atoms with E-state index < -0.39 is 7.60 Å². The van der Waals surface area contributed by atoms with Crippen LogP contribution in [0.15, 0.2) is 10.5 Å². The Labute approximate surface area is 133 Å². The lowest BCUT2D eigenvalue weighted by molar-refractivity contribution is 0.228. The van der Waals surface area contributed by atoms with Gasteiger partial charge < -0.3 is 23.3 Å². The van der Waals surface area contributed by atoms with Gasteiger partial charge in [-0.05, 0) is 35.8 Å². The minimum Gasteiger partial charge on any atom is -0.493 e. The molecular formula is C13H20BrO6P. The van der Waals surface area contributed by atoms with Gasteiger partial charge in [-0.2, -0.15) is 0 Å². The van der Waals surface area contributed by atoms with Crippen molar-refractivity contribution in [3.05, 3.63) is 10.5 Å². The summed E-state index contributed by atoms with van der Waals surface area (Å²) in [6, 6.07) is 1.64. The van der Waals surface area contributed by atoms with Crippen molar-refractivity contribution in [2.24, 2.45) is 0 Å². The minimum atomic E-state index is -3.54. The largest absolute Gasteiger partial charge is 0.493 e. The lowest BCUT2D eigenvalue weighted by Crippen LogP contribution is -2.16. The van der Waals surface area contributed by atoms with Gasteiger partial charge in [0.15, 0.2) is 11.5 Å². The van der Waals surface area contributed by atoms with Gasteiger partial charge in [-0.1, -0.05) is 0 Å². The third kappa shape index (κ3) is 3.72. The van der Waals surface area contributed by atoms with Crippen molar-refractivity contribution in [1.82, 2.24) is 0 Å². The molecule has 6 nitrogen and oxygen atoms in total. The highest BCUT2D eigenvalue weighted by atomic mass is 79.9. The van der Waals surface area contributed by atoms with Crippen LogP contribution in [0.2, 0.25) is 0 Å². The monoisotopic (exact) mass is 382 g/mol. The van der Waals surface area contributed by atoms with Gasteiger partial charge in [0.2, 0.25) is 5.75 Å². The lowest BCUT2D eigenvalue weighted by atomic mass is 10.3. The third-order valence-corrected chi connectivity index (χ3v) is 5.75. The van der Waals surface area contributed by atoms with Crippen LogP contribution < -0.4 is 19.5 Å².